The van der Waals surface area contributed by atoms with Crippen LogP contribution in [-0.4, -0.2) is 26.4 Å². The summed E-state index contributed by atoms with van der Waals surface area (Å²) in [5.74, 6) is 0.377. The molecule has 0 bridgehead atoms. The molecular weight excluding hydrogens is 349 g/mol. The highest BCUT2D eigenvalue weighted by molar-refractivity contribution is 7.13. The van der Waals surface area contributed by atoms with Crippen molar-refractivity contribution in [2.75, 3.05) is 11.9 Å². The molecule has 1 fully saturated rings. The Bertz CT molecular complexity index is 837. The zero-order valence-corrected chi connectivity index (χ0v) is 15.1. The van der Waals surface area contributed by atoms with E-state index in [-0.39, 0.29) is 11.9 Å². The monoisotopic (exact) mass is 369 g/mol. The maximum absolute atomic E-state index is 13.2. The van der Waals surface area contributed by atoms with Crippen LogP contribution in [0.4, 0.5) is 15.5 Å². The van der Waals surface area contributed by atoms with Gasteiger partial charge in [0, 0.05) is 24.3 Å². The maximum Gasteiger partial charge on any atom is 0.229 e. The number of benzene rings is 1. The Morgan fingerprint density at radius 3 is 2.81 bits per heavy atom. The molecule has 0 aliphatic carbocycles. The summed E-state index contributed by atoms with van der Waals surface area (Å²) in [4.78, 5) is 15.7. The number of likely N-dealkylation sites (tertiary alicyclic amines) is 1. The number of piperidine rings is 1. The van der Waals surface area contributed by atoms with Gasteiger partial charge in [-0.05, 0) is 43.1 Å². The lowest BCUT2D eigenvalue weighted by atomic mass is 9.98. The van der Waals surface area contributed by atoms with Crippen LogP contribution in [0.1, 0.15) is 36.6 Å². The van der Waals surface area contributed by atoms with E-state index in [1.54, 1.807) is 12.4 Å². The minimum atomic E-state index is -0.197. The lowest BCUT2D eigenvalue weighted by Gasteiger charge is -2.35. The molecule has 7 heteroatoms. The first kappa shape index (κ1) is 17.1. The molecule has 26 heavy (non-hydrogen) atoms. The van der Waals surface area contributed by atoms with Crippen molar-refractivity contribution >= 4 is 22.4 Å². The van der Waals surface area contributed by atoms with Crippen molar-refractivity contribution in [1.29, 1.82) is 0 Å². The molecule has 3 heterocycles. The molecule has 4 rings (SSSR count). The number of hydrogen-bond donors (Lipinski definition) is 1. The Labute approximate surface area is 156 Å². The van der Waals surface area contributed by atoms with Gasteiger partial charge in [0.1, 0.15) is 5.82 Å². The van der Waals surface area contributed by atoms with E-state index in [2.05, 4.69) is 20.2 Å². The molecule has 1 aromatic carbocycles. The fourth-order valence-electron chi connectivity index (χ4n) is 3.34. The molecule has 3 aromatic rings. The summed E-state index contributed by atoms with van der Waals surface area (Å²) in [6, 6.07) is 8.99. The summed E-state index contributed by atoms with van der Waals surface area (Å²) in [5.41, 5.74) is 2.13. The third-order valence-electron chi connectivity index (χ3n) is 4.58. The van der Waals surface area contributed by atoms with Crippen LogP contribution in [0.2, 0.25) is 0 Å². The van der Waals surface area contributed by atoms with Crippen molar-refractivity contribution in [3.05, 3.63) is 65.2 Å². The smallest absolute Gasteiger partial charge is 0.229 e. The predicted octanol–water partition coefficient (Wildman–Crippen LogP) is 4.54. The van der Waals surface area contributed by atoms with Gasteiger partial charge in [-0.2, -0.15) is 0 Å². The zero-order valence-electron chi connectivity index (χ0n) is 14.3. The molecule has 0 radical (unpaired) electrons. The Kier molecular flexibility index (Phi) is 5.17. The largest absolute Gasteiger partial charge is 0.300 e. The van der Waals surface area contributed by atoms with Gasteiger partial charge >= 0.3 is 0 Å². The molecule has 5 nitrogen and oxygen atoms in total. The van der Waals surface area contributed by atoms with Crippen LogP contribution in [0, 0.1) is 5.82 Å². The van der Waals surface area contributed by atoms with Crippen LogP contribution < -0.4 is 5.32 Å². The topological polar surface area (TPSA) is 53.9 Å². The predicted molar refractivity (Wildman–Crippen MR) is 101 cm³/mol. The number of hydrogen-bond acceptors (Lipinski definition) is 6. The van der Waals surface area contributed by atoms with Crippen LogP contribution in [0.25, 0.3) is 0 Å². The van der Waals surface area contributed by atoms with E-state index >= 15 is 0 Å². The van der Waals surface area contributed by atoms with E-state index in [0.717, 1.165) is 35.9 Å². The van der Waals surface area contributed by atoms with Gasteiger partial charge in [0.15, 0.2) is 5.13 Å². The van der Waals surface area contributed by atoms with Crippen LogP contribution in [0.15, 0.2) is 48.1 Å². The van der Waals surface area contributed by atoms with Crippen LogP contribution in [0.5, 0.6) is 0 Å². The van der Waals surface area contributed by atoms with Gasteiger partial charge in [0.05, 0.1) is 11.7 Å². The number of anilines is 2. The molecule has 1 N–H and O–H groups in total. The Hall–Kier alpha value is -2.38. The van der Waals surface area contributed by atoms with Gasteiger partial charge in [0.25, 0.3) is 0 Å². The van der Waals surface area contributed by atoms with E-state index in [4.69, 9.17) is 4.98 Å². The standard InChI is InChI=1S/C19H20FN5S/c20-15-6-4-14(5-7-15)13-25-11-2-1-3-17(25)16-8-9-21-18(23-16)24-19-22-10-12-26-19/h4-10,12,17H,1-3,11,13H2,(H,21,22,23,24)/t17-/m0/s1. The lowest BCUT2D eigenvalue weighted by Crippen LogP contribution is -2.33. The number of rotatable bonds is 5. The number of halogens is 1. The van der Waals surface area contributed by atoms with E-state index < -0.39 is 0 Å². The quantitative estimate of drug-likeness (QED) is 0.715. The Balaban J connectivity index is 1.53. The average Bonchev–Trinajstić information content (AvgIpc) is 3.17. The summed E-state index contributed by atoms with van der Waals surface area (Å²) in [6.07, 6.45) is 6.97. The average molecular weight is 369 g/mol. The van der Waals surface area contributed by atoms with E-state index in [9.17, 15) is 4.39 Å². The minimum absolute atomic E-state index is 0.197. The van der Waals surface area contributed by atoms with Crippen LogP contribution >= 0.6 is 11.3 Å². The van der Waals surface area contributed by atoms with E-state index in [0.29, 0.717) is 5.95 Å². The first-order valence-corrected chi connectivity index (χ1v) is 9.64. The first-order chi connectivity index (χ1) is 12.8. The molecule has 2 aromatic heterocycles. The molecule has 134 valence electrons. The molecule has 1 aliphatic heterocycles. The first-order valence-electron chi connectivity index (χ1n) is 8.76. The van der Waals surface area contributed by atoms with Crippen LogP contribution in [-0.2, 0) is 6.54 Å². The molecule has 0 unspecified atom stereocenters. The van der Waals surface area contributed by atoms with Crippen molar-refractivity contribution in [2.24, 2.45) is 0 Å². The highest BCUT2D eigenvalue weighted by Crippen LogP contribution is 2.31. The van der Waals surface area contributed by atoms with Crippen LogP contribution in [0.3, 0.4) is 0 Å². The third-order valence-corrected chi connectivity index (χ3v) is 5.27. The van der Waals surface area contributed by atoms with Crippen molar-refractivity contribution in [2.45, 2.75) is 31.8 Å². The normalized spacial score (nSPS) is 18.0. The fraction of sp³-hybridized carbons (Fsp3) is 0.316. The Morgan fingerprint density at radius 2 is 2.00 bits per heavy atom. The number of nitrogens with zero attached hydrogens (tertiary/aromatic N) is 4. The molecule has 1 saturated heterocycles. The summed E-state index contributed by atoms with van der Waals surface area (Å²) >= 11 is 1.52. The summed E-state index contributed by atoms with van der Waals surface area (Å²) in [5, 5.41) is 5.86. The lowest BCUT2D eigenvalue weighted by molar-refractivity contribution is 0.137. The second kappa shape index (κ2) is 7.88. The van der Waals surface area contributed by atoms with Gasteiger partial charge in [0.2, 0.25) is 5.95 Å². The molecule has 0 amide bonds. The highest BCUT2D eigenvalue weighted by atomic mass is 32.1. The second-order valence-corrected chi connectivity index (χ2v) is 7.27. The second-order valence-electron chi connectivity index (χ2n) is 6.38. The van der Waals surface area contributed by atoms with Gasteiger partial charge in [-0.15, -0.1) is 11.3 Å². The molecule has 1 atom stereocenters. The van der Waals surface area contributed by atoms with E-state index in [1.807, 2.05) is 23.6 Å². The molecule has 0 spiro atoms. The number of aromatic nitrogens is 3. The number of nitrogens with one attached hydrogen (secondary N) is 1. The highest BCUT2D eigenvalue weighted by Gasteiger charge is 2.25. The Morgan fingerprint density at radius 1 is 1.12 bits per heavy atom. The van der Waals surface area contributed by atoms with Gasteiger partial charge < -0.3 is 5.32 Å². The summed E-state index contributed by atoms with van der Waals surface area (Å²) < 4.78 is 13.2. The zero-order chi connectivity index (χ0) is 17.8. The third kappa shape index (κ3) is 4.05. The van der Waals surface area contributed by atoms with Gasteiger partial charge in [-0.25, -0.2) is 19.3 Å². The summed E-state index contributed by atoms with van der Waals surface area (Å²) in [6.45, 7) is 1.81. The van der Waals surface area contributed by atoms with Crippen molar-refractivity contribution in [3.8, 4) is 0 Å². The fourth-order valence-corrected chi connectivity index (χ4v) is 3.86. The van der Waals surface area contributed by atoms with Gasteiger partial charge in [-0.1, -0.05) is 18.6 Å². The van der Waals surface area contributed by atoms with Crippen molar-refractivity contribution in [1.82, 2.24) is 19.9 Å². The molecule has 1 aliphatic rings. The van der Waals surface area contributed by atoms with Gasteiger partial charge in [-0.3, -0.25) is 4.90 Å². The molecule has 0 saturated carbocycles. The molecular formula is C19H20FN5S. The summed E-state index contributed by atoms with van der Waals surface area (Å²) in [7, 11) is 0. The van der Waals surface area contributed by atoms with E-state index in [1.165, 1.54) is 36.3 Å². The number of thiazole rings is 1. The minimum Gasteiger partial charge on any atom is -0.300 e. The SMILES string of the molecule is Fc1ccc(CN2CCCC[C@H]2c2ccnc(Nc3nccs3)n2)cc1. The van der Waals surface area contributed by atoms with Crippen molar-refractivity contribution in [3.63, 3.8) is 0 Å². The van der Waals surface area contributed by atoms with Crippen molar-refractivity contribution < 1.29 is 4.39 Å². The maximum atomic E-state index is 13.2.